The summed E-state index contributed by atoms with van der Waals surface area (Å²) in [7, 11) is 0. The van der Waals surface area contributed by atoms with E-state index in [1.165, 1.54) is 6.07 Å². The summed E-state index contributed by atoms with van der Waals surface area (Å²) >= 11 is 0. The molecule has 1 heterocycles. The molecule has 0 radical (unpaired) electrons. The second-order valence-electron chi connectivity index (χ2n) is 3.83. The van der Waals surface area contributed by atoms with Gasteiger partial charge in [-0.15, -0.1) is 0 Å². The maximum Gasteiger partial charge on any atom is 0.264 e. The van der Waals surface area contributed by atoms with Gasteiger partial charge in [-0.25, -0.2) is 4.39 Å². The molecule has 0 unspecified atom stereocenters. The topological polar surface area (TPSA) is 74.2 Å². The van der Waals surface area contributed by atoms with Crippen molar-refractivity contribution >= 4 is 0 Å². The number of hydrogen-bond acceptors (Lipinski definition) is 5. The molecule has 1 aromatic carbocycles. The molecule has 96 valence electrons. The van der Waals surface area contributed by atoms with Gasteiger partial charge in [0.05, 0.1) is 0 Å². The fraction of sp³-hybridized carbons (Fsp3) is 0.333. The van der Waals surface area contributed by atoms with Gasteiger partial charge in [0.15, 0.2) is 24.0 Å². The number of ether oxygens (including phenoxy) is 1. The third-order valence-corrected chi connectivity index (χ3v) is 2.35. The summed E-state index contributed by atoms with van der Waals surface area (Å²) in [6.07, 6.45) is 0.639. The summed E-state index contributed by atoms with van der Waals surface area (Å²) in [5.74, 6) is 0.578. The fourth-order valence-electron chi connectivity index (χ4n) is 1.52. The Balaban J connectivity index is 2.01. The van der Waals surface area contributed by atoms with Crippen LogP contribution in [0.5, 0.6) is 5.75 Å². The van der Waals surface area contributed by atoms with Gasteiger partial charge in [-0.3, -0.25) is 0 Å². The fourth-order valence-corrected chi connectivity index (χ4v) is 1.52. The first-order chi connectivity index (χ1) is 8.69. The van der Waals surface area contributed by atoms with Crippen LogP contribution in [0.3, 0.4) is 0 Å². The van der Waals surface area contributed by atoms with Crippen molar-refractivity contribution in [2.45, 2.75) is 20.0 Å². The molecule has 18 heavy (non-hydrogen) atoms. The van der Waals surface area contributed by atoms with Crippen molar-refractivity contribution in [3.05, 3.63) is 41.3 Å². The van der Waals surface area contributed by atoms with Gasteiger partial charge >= 0.3 is 0 Å². The van der Waals surface area contributed by atoms with E-state index in [9.17, 15) is 4.39 Å². The number of nitrogens with two attached hydrogens (primary N) is 1. The van der Waals surface area contributed by atoms with E-state index >= 15 is 0 Å². The van der Waals surface area contributed by atoms with Crippen LogP contribution < -0.4 is 10.5 Å². The highest BCUT2D eigenvalue weighted by molar-refractivity contribution is 5.29. The van der Waals surface area contributed by atoms with Gasteiger partial charge in [-0.1, -0.05) is 11.2 Å². The van der Waals surface area contributed by atoms with Crippen molar-refractivity contribution in [2.75, 3.05) is 6.54 Å². The highest BCUT2D eigenvalue weighted by Gasteiger charge is 2.08. The summed E-state index contributed by atoms with van der Waals surface area (Å²) in [4.78, 5) is 3.96. The molecule has 0 aliphatic rings. The average molecular weight is 251 g/mol. The van der Waals surface area contributed by atoms with Crippen molar-refractivity contribution in [2.24, 2.45) is 5.73 Å². The highest BCUT2D eigenvalue weighted by atomic mass is 19.1. The molecule has 0 saturated heterocycles. The molecule has 0 bridgehead atoms. The van der Waals surface area contributed by atoms with E-state index in [1.54, 1.807) is 19.1 Å². The Morgan fingerprint density at radius 3 is 2.89 bits per heavy atom. The van der Waals surface area contributed by atoms with Crippen LogP contribution in [0.1, 0.15) is 17.3 Å². The van der Waals surface area contributed by atoms with Crippen LogP contribution in [-0.2, 0) is 13.0 Å². The SMILES string of the molecule is Cc1noc(COc2ccc(CCN)cc2F)n1. The Hall–Kier alpha value is -1.95. The molecule has 0 saturated carbocycles. The minimum absolute atomic E-state index is 0.0496. The number of nitrogens with zero attached hydrogens (tertiary/aromatic N) is 2. The first-order valence-electron chi connectivity index (χ1n) is 5.59. The third kappa shape index (κ3) is 3.04. The van der Waals surface area contributed by atoms with Crippen LogP contribution in [0.4, 0.5) is 4.39 Å². The molecule has 2 N–H and O–H groups in total. The van der Waals surface area contributed by atoms with Crippen molar-refractivity contribution < 1.29 is 13.7 Å². The lowest BCUT2D eigenvalue weighted by Gasteiger charge is -2.06. The Morgan fingerprint density at radius 1 is 1.44 bits per heavy atom. The van der Waals surface area contributed by atoms with Gasteiger partial charge in [0.2, 0.25) is 0 Å². The summed E-state index contributed by atoms with van der Waals surface area (Å²) in [5, 5.41) is 3.62. The molecular weight excluding hydrogens is 237 g/mol. The van der Waals surface area contributed by atoms with Crippen LogP contribution in [0.15, 0.2) is 22.7 Å². The lowest BCUT2D eigenvalue weighted by Crippen LogP contribution is -2.03. The third-order valence-electron chi connectivity index (χ3n) is 2.35. The highest BCUT2D eigenvalue weighted by Crippen LogP contribution is 2.19. The Morgan fingerprint density at radius 2 is 2.28 bits per heavy atom. The van der Waals surface area contributed by atoms with Gasteiger partial charge in [0, 0.05) is 0 Å². The first-order valence-corrected chi connectivity index (χ1v) is 5.59. The maximum absolute atomic E-state index is 13.6. The molecule has 0 aliphatic heterocycles. The minimum Gasteiger partial charge on any atom is -0.481 e. The maximum atomic E-state index is 13.6. The second-order valence-corrected chi connectivity index (χ2v) is 3.83. The smallest absolute Gasteiger partial charge is 0.264 e. The summed E-state index contributed by atoms with van der Waals surface area (Å²) in [6.45, 7) is 2.24. The molecule has 0 atom stereocenters. The Labute approximate surface area is 104 Å². The Bertz CT molecular complexity index is 528. The van der Waals surface area contributed by atoms with E-state index in [1.807, 2.05) is 0 Å². The molecular formula is C12H14FN3O2. The van der Waals surface area contributed by atoms with E-state index in [2.05, 4.69) is 10.1 Å². The van der Waals surface area contributed by atoms with Crippen LogP contribution in [-0.4, -0.2) is 16.7 Å². The van der Waals surface area contributed by atoms with E-state index < -0.39 is 5.82 Å². The van der Waals surface area contributed by atoms with Crippen LogP contribution in [0.2, 0.25) is 0 Å². The Kier molecular flexibility index (Phi) is 3.88. The number of benzene rings is 1. The standard InChI is InChI=1S/C12H14FN3O2/c1-8-15-12(18-16-8)7-17-11-3-2-9(4-5-14)6-10(11)13/h2-3,6H,4-5,7,14H2,1H3. The predicted octanol–water partition coefficient (Wildman–Crippen LogP) is 1.60. The molecule has 0 fully saturated rings. The summed E-state index contributed by atoms with van der Waals surface area (Å²) in [6, 6.07) is 4.77. The molecule has 2 rings (SSSR count). The van der Waals surface area contributed by atoms with Gasteiger partial charge in [0.1, 0.15) is 0 Å². The van der Waals surface area contributed by atoms with Gasteiger partial charge < -0.3 is 15.0 Å². The zero-order chi connectivity index (χ0) is 13.0. The van der Waals surface area contributed by atoms with Crippen LogP contribution in [0.25, 0.3) is 0 Å². The number of halogens is 1. The quantitative estimate of drug-likeness (QED) is 0.873. The lowest BCUT2D eigenvalue weighted by atomic mass is 10.1. The molecule has 5 nitrogen and oxygen atoms in total. The average Bonchev–Trinajstić information content (AvgIpc) is 2.74. The molecule has 0 spiro atoms. The molecule has 0 aliphatic carbocycles. The molecule has 0 amide bonds. The number of rotatable bonds is 5. The summed E-state index contributed by atoms with van der Waals surface area (Å²) in [5.41, 5.74) is 6.25. The largest absolute Gasteiger partial charge is 0.481 e. The molecule has 1 aromatic heterocycles. The van der Waals surface area contributed by atoms with Gasteiger partial charge in [0.25, 0.3) is 5.89 Å². The normalized spacial score (nSPS) is 10.6. The number of aryl methyl sites for hydroxylation is 1. The van der Waals surface area contributed by atoms with Gasteiger partial charge in [-0.2, -0.15) is 4.98 Å². The zero-order valence-electron chi connectivity index (χ0n) is 10.0. The number of hydrogen-bond donors (Lipinski definition) is 1. The predicted molar refractivity (Wildman–Crippen MR) is 62.5 cm³/mol. The first kappa shape index (κ1) is 12.5. The van der Waals surface area contributed by atoms with E-state index in [-0.39, 0.29) is 12.4 Å². The zero-order valence-corrected chi connectivity index (χ0v) is 10.0. The van der Waals surface area contributed by atoms with Crippen LogP contribution >= 0.6 is 0 Å². The monoisotopic (exact) mass is 251 g/mol. The van der Waals surface area contributed by atoms with Crippen LogP contribution in [0, 0.1) is 12.7 Å². The molecule has 2 aromatic rings. The lowest BCUT2D eigenvalue weighted by molar-refractivity contribution is 0.234. The van der Waals surface area contributed by atoms with Crippen molar-refractivity contribution in [3.63, 3.8) is 0 Å². The second kappa shape index (κ2) is 5.59. The van der Waals surface area contributed by atoms with Crippen molar-refractivity contribution in [1.29, 1.82) is 0 Å². The van der Waals surface area contributed by atoms with E-state index in [0.29, 0.717) is 24.7 Å². The minimum atomic E-state index is -0.419. The van der Waals surface area contributed by atoms with Gasteiger partial charge in [-0.05, 0) is 37.6 Å². The number of aromatic nitrogens is 2. The molecule has 6 heteroatoms. The van der Waals surface area contributed by atoms with Crippen molar-refractivity contribution in [3.8, 4) is 5.75 Å². The van der Waals surface area contributed by atoms with Crippen molar-refractivity contribution in [1.82, 2.24) is 10.1 Å². The van der Waals surface area contributed by atoms with E-state index in [0.717, 1.165) is 5.56 Å². The summed E-state index contributed by atoms with van der Waals surface area (Å²) < 4.78 is 23.8. The van der Waals surface area contributed by atoms with E-state index in [4.69, 9.17) is 15.0 Å².